The standard InChI is InChI=1S/C15H13F17O2/c1-2-5-34-6-7(3-4-33)8(16,17)9(18,19)10(20,21)11(22,23)12(24,25)13(26,27)14(28,29)15(30,31)32/h4,7H,2-3,5-6H2,1H3. The van der Waals surface area contributed by atoms with Crippen LogP contribution in [0.3, 0.4) is 0 Å². The molecule has 0 spiro atoms. The molecule has 19 heteroatoms. The Balaban J connectivity index is 6.71. The molecular formula is C15H13F17O2. The zero-order valence-electron chi connectivity index (χ0n) is 16.2. The molecule has 0 heterocycles. The van der Waals surface area contributed by atoms with Gasteiger partial charge in [0.05, 0.1) is 12.5 Å². The van der Waals surface area contributed by atoms with E-state index in [1.165, 1.54) is 6.92 Å². The van der Waals surface area contributed by atoms with Crippen molar-refractivity contribution in [2.24, 2.45) is 5.92 Å². The number of halogens is 17. The topological polar surface area (TPSA) is 26.3 Å². The molecule has 0 bridgehead atoms. The van der Waals surface area contributed by atoms with Gasteiger partial charge in [0.15, 0.2) is 0 Å². The van der Waals surface area contributed by atoms with Crippen LogP contribution in [0, 0.1) is 5.92 Å². The molecule has 0 amide bonds. The average Bonchev–Trinajstić information content (AvgIpc) is 2.65. The van der Waals surface area contributed by atoms with E-state index >= 15 is 0 Å². The molecule has 0 aliphatic rings. The van der Waals surface area contributed by atoms with Crippen LogP contribution in [-0.2, 0) is 9.53 Å². The van der Waals surface area contributed by atoms with Gasteiger partial charge in [-0.3, -0.25) is 0 Å². The van der Waals surface area contributed by atoms with Crippen molar-refractivity contribution >= 4 is 6.29 Å². The predicted octanol–water partition coefficient (Wildman–Crippen LogP) is 6.63. The summed E-state index contributed by atoms with van der Waals surface area (Å²) >= 11 is 0. The summed E-state index contributed by atoms with van der Waals surface area (Å²) in [6.45, 7) is -1.05. The molecule has 0 aliphatic carbocycles. The van der Waals surface area contributed by atoms with Crippen LogP contribution in [-0.4, -0.2) is 67.1 Å². The second-order valence-corrected chi connectivity index (χ2v) is 6.74. The lowest BCUT2D eigenvalue weighted by atomic mass is 9.84. The molecule has 1 unspecified atom stereocenters. The van der Waals surface area contributed by atoms with E-state index in [4.69, 9.17) is 0 Å². The molecule has 34 heavy (non-hydrogen) atoms. The van der Waals surface area contributed by atoms with Crippen LogP contribution < -0.4 is 0 Å². The first-order valence-corrected chi connectivity index (χ1v) is 8.50. The molecule has 0 aromatic rings. The Kier molecular flexibility index (Phi) is 9.04. The SMILES string of the molecule is CCCOCC(CC=O)C(F)(F)C(F)(F)C(F)(F)C(F)(F)C(F)(F)C(F)(F)C(F)(F)C(F)(F)F. The highest BCUT2D eigenvalue weighted by molar-refractivity contribution is 5.50. The van der Waals surface area contributed by atoms with Crippen molar-refractivity contribution in [3.63, 3.8) is 0 Å². The van der Waals surface area contributed by atoms with Crippen LogP contribution in [0.2, 0.25) is 0 Å². The highest BCUT2D eigenvalue weighted by atomic mass is 19.4. The van der Waals surface area contributed by atoms with Gasteiger partial charge in [0.25, 0.3) is 0 Å². The predicted molar refractivity (Wildman–Crippen MR) is 76.0 cm³/mol. The molecule has 0 fully saturated rings. The normalized spacial score (nSPS) is 16.5. The van der Waals surface area contributed by atoms with E-state index < -0.39 is 79.5 Å². The van der Waals surface area contributed by atoms with Crippen molar-refractivity contribution in [1.82, 2.24) is 0 Å². The molecule has 0 rings (SSSR count). The second-order valence-electron chi connectivity index (χ2n) is 6.74. The number of hydrogen-bond donors (Lipinski definition) is 0. The van der Waals surface area contributed by atoms with Crippen molar-refractivity contribution in [1.29, 1.82) is 0 Å². The fourth-order valence-electron chi connectivity index (χ4n) is 2.24. The summed E-state index contributed by atoms with van der Waals surface area (Å²) in [5.41, 5.74) is 0. The molecule has 204 valence electrons. The van der Waals surface area contributed by atoms with Gasteiger partial charge in [-0.1, -0.05) is 6.92 Å². The first kappa shape index (κ1) is 32.4. The largest absolute Gasteiger partial charge is 0.460 e. The lowest BCUT2D eigenvalue weighted by molar-refractivity contribution is -0.463. The van der Waals surface area contributed by atoms with Crippen LogP contribution in [0.1, 0.15) is 19.8 Å². The van der Waals surface area contributed by atoms with E-state index in [1.807, 2.05) is 0 Å². The summed E-state index contributed by atoms with van der Waals surface area (Å²) in [7, 11) is 0. The third kappa shape index (κ3) is 4.64. The van der Waals surface area contributed by atoms with Gasteiger partial charge in [-0.15, -0.1) is 0 Å². The molecule has 2 nitrogen and oxygen atoms in total. The summed E-state index contributed by atoms with van der Waals surface area (Å²) in [6.07, 6.45) is -10.4. The van der Waals surface area contributed by atoms with Crippen LogP contribution in [0.4, 0.5) is 74.6 Å². The van der Waals surface area contributed by atoms with Crippen LogP contribution in [0.15, 0.2) is 0 Å². The summed E-state index contributed by atoms with van der Waals surface area (Å²) in [5.74, 6) is -60.4. The van der Waals surface area contributed by atoms with Crippen molar-refractivity contribution in [2.45, 2.75) is 67.4 Å². The van der Waals surface area contributed by atoms with Gasteiger partial charge in [0.1, 0.15) is 6.29 Å². The zero-order valence-corrected chi connectivity index (χ0v) is 16.2. The summed E-state index contributed by atoms with van der Waals surface area (Å²) in [4.78, 5) is 10.4. The minimum absolute atomic E-state index is 0.0429. The molecule has 0 aliphatic heterocycles. The zero-order chi connectivity index (χ0) is 27.8. The molecule has 0 N–H and O–H groups in total. The van der Waals surface area contributed by atoms with E-state index in [0.717, 1.165) is 0 Å². The summed E-state index contributed by atoms with van der Waals surface area (Å²) in [6, 6.07) is 0. The smallest absolute Gasteiger partial charge is 0.381 e. The van der Waals surface area contributed by atoms with Gasteiger partial charge < -0.3 is 9.53 Å². The maximum absolute atomic E-state index is 14.1. The monoisotopic (exact) mass is 548 g/mol. The van der Waals surface area contributed by atoms with Crippen LogP contribution in [0.5, 0.6) is 0 Å². The fraction of sp³-hybridized carbons (Fsp3) is 0.933. The Labute approximate surface area is 178 Å². The van der Waals surface area contributed by atoms with Gasteiger partial charge in [0, 0.05) is 13.0 Å². The Morgan fingerprint density at radius 3 is 1.29 bits per heavy atom. The van der Waals surface area contributed by atoms with Gasteiger partial charge in [-0.25, -0.2) is 0 Å². The summed E-state index contributed by atoms with van der Waals surface area (Å²) < 4.78 is 229. The number of carbonyl (C=O) groups excluding carboxylic acids is 1. The van der Waals surface area contributed by atoms with Crippen molar-refractivity contribution < 1.29 is 84.2 Å². The molecule has 0 saturated carbocycles. The molecule has 0 saturated heterocycles. The van der Waals surface area contributed by atoms with Crippen molar-refractivity contribution in [3.8, 4) is 0 Å². The minimum atomic E-state index is -8.68. The average molecular weight is 548 g/mol. The first-order chi connectivity index (χ1) is 14.8. The van der Waals surface area contributed by atoms with Crippen molar-refractivity contribution in [3.05, 3.63) is 0 Å². The molecule has 0 aromatic carbocycles. The van der Waals surface area contributed by atoms with Gasteiger partial charge >= 0.3 is 47.6 Å². The van der Waals surface area contributed by atoms with E-state index in [9.17, 15) is 79.4 Å². The number of aldehydes is 1. The number of alkyl halides is 17. The number of ether oxygens (including phenoxy) is 1. The third-order valence-corrected chi connectivity index (χ3v) is 4.31. The van der Waals surface area contributed by atoms with Crippen molar-refractivity contribution in [2.75, 3.05) is 13.2 Å². The number of hydrogen-bond acceptors (Lipinski definition) is 2. The fourth-order valence-corrected chi connectivity index (χ4v) is 2.24. The maximum Gasteiger partial charge on any atom is 0.460 e. The molecule has 0 radical (unpaired) electrons. The quantitative estimate of drug-likeness (QED) is 0.147. The maximum atomic E-state index is 14.1. The Hall–Kier alpha value is -1.56. The van der Waals surface area contributed by atoms with E-state index in [2.05, 4.69) is 4.74 Å². The number of carbonyl (C=O) groups is 1. The van der Waals surface area contributed by atoms with Crippen LogP contribution in [0.25, 0.3) is 0 Å². The Morgan fingerprint density at radius 2 is 0.971 bits per heavy atom. The van der Waals surface area contributed by atoms with Crippen LogP contribution >= 0.6 is 0 Å². The lowest BCUT2D eigenvalue weighted by Crippen LogP contribution is -2.75. The Morgan fingerprint density at radius 1 is 0.618 bits per heavy atom. The molecular weight excluding hydrogens is 535 g/mol. The second kappa shape index (κ2) is 9.48. The van der Waals surface area contributed by atoms with Gasteiger partial charge in [-0.2, -0.15) is 74.6 Å². The molecule has 1 atom stereocenters. The Bertz CT molecular complexity index is 698. The highest BCUT2D eigenvalue weighted by Gasteiger charge is 2.95. The highest BCUT2D eigenvalue weighted by Crippen LogP contribution is 2.64. The summed E-state index contributed by atoms with van der Waals surface area (Å²) in [5, 5.41) is 0. The van der Waals surface area contributed by atoms with Gasteiger partial charge in [0.2, 0.25) is 0 Å². The van der Waals surface area contributed by atoms with E-state index in [0.29, 0.717) is 0 Å². The molecule has 0 aromatic heterocycles. The van der Waals surface area contributed by atoms with E-state index in [-0.39, 0.29) is 6.42 Å². The lowest BCUT2D eigenvalue weighted by Gasteiger charge is -2.43. The number of rotatable bonds is 13. The first-order valence-electron chi connectivity index (χ1n) is 8.50. The van der Waals surface area contributed by atoms with Gasteiger partial charge in [-0.05, 0) is 6.42 Å². The minimum Gasteiger partial charge on any atom is -0.381 e. The van der Waals surface area contributed by atoms with E-state index in [1.54, 1.807) is 0 Å². The third-order valence-electron chi connectivity index (χ3n) is 4.31.